The zero-order valence-electron chi connectivity index (χ0n) is 46.8. The molecule has 0 aliphatic carbocycles. The molecule has 31 nitrogen and oxygen atoms in total. The second kappa shape index (κ2) is 28.3. The number of carbonyl (C=O) groups is 10. The first-order valence-electron chi connectivity index (χ1n) is 25.9. The van der Waals surface area contributed by atoms with Crippen LogP contribution in [0.15, 0.2) is 55.4 Å². The molecule has 0 aliphatic heterocycles. The van der Waals surface area contributed by atoms with Crippen LogP contribution in [-0.2, 0) is 61.5 Å². The molecule has 438 valence electrons. The normalized spacial score (nSPS) is 11.0. The molecule has 10 amide bonds. The molecule has 6 aromatic rings. The topological polar surface area (TPSA) is 389 Å². The van der Waals surface area contributed by atoms with E-state index in [0.717, 1.165) is 13.0 Å². The summed E-state index contributed by atoms with van der Waals surface area (Å²) in [7, 11) is 13.5. The molecule has 0 spiro atoms. The maximum absolute atomic E-state index is 13.3. The average molecular weight is 1140 g/mol. The number of aryl methyl sites for hydroxylation is 6. The highest BCUT2D eigenvalue weighted by Gasteiger charge is 2.23. The summed E-state index contributed by atoms with van der Waals surface area (Å²) in [6, 6.07) is 4.43. The summed E-state index contributed by atoms with van der Waals surface area (Å²) in [5.41, 5.74) is 6.92. The van der Waals surface area contributed by atoms with Crippen LogP contribution in [0.3, 0.4) is 0 Å². The summed E-state index contributed by atoms with van der Waals surface area (Å²) in [6.07, 6.45) is 10.2. The molecule has 12 N–H and O–H groups in total. The van der Waals surface area contributed by atoms with Crippen LogP contribution in [0.5, 0.6) is 0 Å². The molecule has 0 radical (unpaired) electrons. The van der Waals surface area contributed by atoms with Crippen molar-refractivity contribution >= 4 is 93.6 Å². The van der Waals surface area contributed by atoms with Gasteiger partial charge in [-0.15, -0.1) is 0 Å². The van der Waals surface area contributed by atoms with Gasteiger partial charge in [-0.3, -0.25) is 47.9 Å². The van der Waals surface area contributed by atoms with E-state index in [2.05, 4.69) is 68.1 Å². The molecule has 0 aliphatic rings. The molecule has 0 aromatic carbocycles. The third-order valence-electron chi connectivity index (χ3n) is 12.2. The Morgan fingerprint density at radius 3 is 1.24 bits per heavy atom. The first-order valence-corrected chi connectivity index (χ1v) is 25.9. The van der Waals surface area contributed by atoms with Gasteiger partial charge in [-0.2, -0.15) is 0 Å². The van der Waals surface area contributed by atoms with Gasteiger partial charge in [-0.05, 0) is 51.7 Å². The monoisotopic (exact) mass is 1140 g/mol. The molecule has 0 saturated heterocycles. The van der Waals surface area contributed by atoms with Crippen LogP contribution in [-0.4, -0.2) is 160 Å². The van der Waals surface area contributed by atoms with Gasteiger partial charge in [0.25, 0.3) is 35.4 Å². The third-order valence-corrected chi connectivity index (χ3v) is 12.2. The minimum atomic E-state index is -0.674. The van der Waals surface area contributed by atoms with Gasteiger partial charge < -0.3 is 91.2 Å². The number of carbonyl (C=O) groups excluding carboxylic acids is 10. The van der Waals surface area contributed by atoms with E-state index in [1.807, 2.05) is 19.0 Å². The molecule has 0 saturated carbocycles. The van der Waals surface area contributed by atoms with E-state index < -0.39 is 47.3 Å². The number of rotatable bonds is 28. The number of nitrogens with zero attached hydrogens (tertiary/aromatic N) is 10. The summed E-state index contributed by atoms with van der Waals surface area (Å²) < 4.78 is 8.77. The molecule has 31 heteroatoms. The Morgan fingerprint density at radius 2 is 0.768 bits per heavy atom. The molecule has 0 unspecified atom stereocenters. The lowest BCUT2D eigenvalue weighted by molar-refractivity contribution is -0.122. The molecular weight excluding hydrogens is 1070 g/mol. The van der Waals surface area contributed by atoms with Crippen molar-refractivity contribution in [2.24, 2.45) is 48.0 Å². The van der Waals surface area contributed by atoms with Gasteiger partial charge in [0.2, 0.25) is 41.1 Å². The zero-order chi connectivity index (χ0) is 59.8. The molecule has 0 bridgehead atoms. The van der Waals surface area contributed by atoms with Crippen LogP contribution in [0.25, 0.3) is 0 Å². The van der Waals surface area contributed by atoms with Gasteiger partial charge in [0.1, 0.15) is 17.1 Å². The van der Waals surface area contributed by atoms with E-state index in [0.29, 0.717) is 12.2 Å². The van der Waals surface area contributed by atoms with Crippen molar-refractivity contribution < 1.29 is 47.9 Å². The molecule has 6 rings (SSSR count). The number of nitrogens with one attached hydrogen (secondary N) is 10. The Labute approximate surface area is 470 Å². The minimum Gasteiger partial charge on any atom is -0.356 e. The lowest BCUT2D eigenvalue weighted by Crippen LogP contribution is -2.32. The lowest BCUT2D eigenvalue weighted by atomic mass is 10.3. The number of hydrogen-bond acceptors (Lipinski definition) is 15. The fourth-order valence-corrected chi connectivity index (χ4v) is 8.11. The Balaban J connectivity index is 0.906. The van der Waals surface area contributed by atoms with Crippen LogP contribution >= 0.6 is 0 Å². The smallest absolute Gasteiger partial charge is 0.292 e. The fourth-order valence-electron chi connectivity index (χ4n) is 8.11. The van der Waals surface area contributed by atoms with Crippen molar-refractivity contribution in [1.29, 1.82) is 0 Å². The Kier molecular flexibility index (Phi) is 21.2. The molecule has 6 aromatic heterocycles. The quantitative estimate of drug-likeness (QED) is 0.0289. The van der Waals surface area contributed by atoms with Gasteiger partial charge in [0.15, 0.2) is 17.5 Å². The van der Waals surface area contributed by atoms with Gasteiger partial charge in [0.05, 0.1) is 17.1 Å². The highest BCUT2D eigenvalue weighted by Crippen LogP contribution is 2.20. The number of imidazole rings is 3. The SMILES string of the molecule is CN(C)CCCNC(=O)CCNC(=O)c1cc(NC(=O)c2cc(NC(=O)c3nc(NC(=O)CCCNC(=O)c4cc(NC(=O)c5nc(NC(=O)c6nc(NC(=O)CCNC(=O)CCN)cn6C)cn5C)cn4C)cn3C)cn2C)cn1C. The van der Waals surface area contributed by atoms with Gasteiger partial charge >= 0.3 is 0 Å². The maximum atomic E-state index is 13.3. The number of aromatic nitrogens is 9. The van der Waals surface area contributed by atoms with E-state index in [1.165, 1.54) is 72.0 Å². The van der Waals surface area contributed by atoms with Gasteiger partial charge in [-0.1, -0.05) is 0 Å². The number of nitrogens with two attached hydrogens (primary N) is 1. The second-order valence-electron chi connectivity index (χ2n) is 19.3. The van der Waals surface area contributed by atoms with Crippen LogP contribution in [0.2, 0.25) is 0 Å². The summed E-state index contributed by atoms with van der Waals surface area (Å²) in [5, 5.41) is 26.8. The molecule has 6 heterocycles. The van der Waals surface area contributed by atoms with Gasteiger partial charge in [-0.25, -0.2) is 15.0 Å². The fraction of sp³-hybridized carbons (Fsp3) is 0.392. The maximum Gasteiger partial charge on any atom is 0.292 e. The number of amides is 10. The van der Waals surface area contributed by atoms with E-state index in [9.17, 15) is 47.9 Å². The molecule has 0 atom stereocenters. The largest absolute Gasteiger partial charge is 0.356 e. The van der Waals surface area contributed by atoms with E-state index in [4.69, 9.17) is 5.73 Å². The first-order chi connectivity index (χ1) is 39.0. The molecule has 82 heavy (non-hydrogen) atoms. The summed E-state index contributed by atoms with van der Waals surface area (Å²) in [4.78, 5) is 143. The zero-order valence-corrected chi connectivity index (χ0v) is 46.8. The Morgan fingerprint density at radius 1 is 0.402 bits per heavy atom. The predicted molar refractivity (Wildman–Crippen MR) is 301 cm³/mol. The van der Waals surface area contributed by atoms with Crippen molar-refractivity contribution in [1.82, 2.24) is 68.5 Å². The van der Waals surface area contributed by atoms with Gasteiger partial charge in [0, 0.05) is 138 Å². The molecular formula is C51H69N21O10. The van der Waals surface area contributed by atoms with Crippen molar-refractivity contribution in [2.75, 3.05) is 85.3 Å². The minimum absolute atomic E-state index is 0.0103. The van der Waals surface area contributed by atoms with Crippen LogP contribution in [0.1, 0.15) is 102 Å². The van der Waals surface area contributed by atoms with Crippen LogP contribution < -0.4 is 58.9 Å². The predicted octanol–water partition coefficient (Wildman–Crippen LogP) is 0.0419. The highest BCUT2D eigenvalue weighted by molar-refractivity contribution is 6.08. The average Bonchev–Trinajstić information content (AvgIpc) is 4.48. The van der Waals surface area contributed by atoms with E-state index in [1.54, 1.807) is 53.0 Å². The first kappa shape index (κ1) is 61.3. The van der Waals surface area contributed by atoms with Crippen molar-refractivity contribution in [3.63, 3.8) is 0 Å². The van der Waals surface area contributed by atoms with Crippen LogP contribution in [0.4, 0.5) is 34.5 Å². The van der Waals surface area contributed by atoms with E-state index >= 15 is 0 Å². The summed E-state index contributed by atoms with van der Waals surface area (Å²) in [5.74, 6) is -4.58. The van der Waals surface area contributed by atoms with Crippen LogP contribution in [0, 0.1) is 0 Å². The Bertz CT molecular complexity index is 3350. The Hall–Kier alpha value is -9.91. The standard InChI is InChI=1S/C51H69N21O10/c1-66(2)20-10-17-53-40(74)13-19-56-47(78)34-21-30(24-67(34)3)57-48(79)35-23-32(26-69(35)5)59-49(80)43-62-36(27-70(43)6)60-41(75)11-9-16-55-46(77)33-22-31(25-68(33)4)58-50(81)44-64-38(29-72(44)8)65-51(82)45-63-37(28-71(45)7)61-42(76)14-18-54-39(73)12-15-52/h21-29H,9-20,52H2,1-8H3,(H,53,74)(H,54,73)(H,55,77)(H,56,78)(H,57,79)(H,58,81)(H,59,80)(H,60,75)(H,61,76)(H,65,82). The second-order valence-corrected chi connectivity index (χ2v) is 19.3. The van der Waals surface area contributed by atoms with Crippen molar-refractivity contribution in [3.8, 4) is 0 Å². The lowest BCUT2D eigenvalue weighted by Gasteiger charge is -2.10. The van der Waals surface area contributed by atoms with E-state index in [-0.39, 0.29) is 133 Å². The van der Waals surface area contributed by atoms with Crippen molar-refractivity contribution in [2.45, 2.75) is 38.5 Å². The molecule has 0 fully saturated rings. The third kappa shape index (κ3) is 17.3. The summed E-state index contributed by atoms with van der Waals surface area (Å²) in [6.45, 7) is 1.92. The highest BCUT2D eigenvalue weighted by atomic mass is 16.2. The number of anilines is 6. The van der Waals surface area contributed by atoms with Crippen molar-refractivity contribution in [3.05, 3.63) is 89.9 Å². The summed E-state index contributed by atoms with van der Waals surface area (Å²) >= 11 is 0. The number of hydrogen-bond donors (Lipinski definition) is 11.